The van der Waals surface area contributed by atoms with Crippen LogP contribution in [-0.2, 0) is 9.59 Å². The van der Waals surface area contributed by atoms with Crippen LogP contribution in [0, 0.1) is 0 Å². The topological polar surface area (TPSA) is 60.9 Å². The molecule has 0 aromatic rings. The van der Waals surface area contributed by atoms with Gasteiger partial charge in [-0.25, -0.2) is 0 Å². The third kappa shape index (κ3) is 2.12. The second-order valence-corrected chi connectivity index (χ2v) is 4.36. The minimum Gasteiger partial charge on any atom is -0.480 e. The predicted octanol–water partition coefficient (Wildman–Crippen LogP) is -0.234. The normalized spacial score (nSPS) is 26.4. The first-order chi connectivity index (χ1) is 7.09. The van der Waals surface area contributed by atoms with E-state index in [9.17, 15) is 9.59 Å². The van der Waals surface area contributed by atoms with Crippen molar-refractivity contribution in [2.45, 2.75) is 31.3 Å². The lowest BCUT2D eigenvalue weighted by Crippen LogP contribution is -2.45. The molecule has 5 nitrogen and oxygen atoms in total. The van der Waals surface area contributed by atoms with Crippen LogP contribution in [0.25, 0.3) is 0 Å². The summed E-state index contributed by atoms with van der Waals surface area (Å²) in [4.78, 5) is 26.0. The molecule has 0 radical (unpaired) electrons. The molecule has 1 unspecified atom stereocenters. The second kappa shape index (κ2) is 3.81. The van der Waals surface area contributed by atoms with Crippen molar-refractivity contribution in [1.29, 1.82) is 0 Å². The van der Waals surface area contributed by atoms with Gasteiger partial charge in [0.1, 0.15) is 0 Å². The van der Waals surface area contributed by atoms with Gasteiger partial charge in [0.2, 0.25) is 5.91 Å². The molecule has 1 saturated carbocycles. The van der Waals surface area contributed by atoms with Crippen molar-refractivity contribution >= 4 is 11.9 Å². The predicted molar refractivity (Wildman–Crippen MR) is 53.4 cm³/mol. The van der Waals surface area contributed by atoms with Crippen LogP contribution < -0.4 is 0 Å². The van der Waals surface area contributed by atoms with Crippen molar-refractivity contribution in [2.75, 3.05) is 20.1 Å². The van der Waals surface area contributed by atoms with Gasteiger partial charge in [-0.1, -0.05) is 0 Å². The van der Waals surface area contributed by atoms with Crippen molar-refractivity contribution in [1.82, 2.24) is 9.80 Å². The molecule has 84 valence electrons. The van der Waals surface area contributed by atoms with E-state index in [1.165, 1.54) is 0 Å². The van der Waals surface area contributed by atoms with E-state index in [1.54, 1.807) is 11.9 Å². The summed E-state index contributed by atoms with van der Waals surface area (Å²) in [7, 11) is 1.77. The quantitative estimate of drug-likeness (QED) is 0.699. The van der Waals surface area contributed by atoms with Crippen LogP contribution in [0.15, 0.2) is 0 Å². The fourth-order valence-corrected chi connectivity index (χ4v) is 2.17. The second-order valence-electron chi connectivity index (χ2n) is 4.36. The Morgan fingerprint density at radius 2 is 2.20 bits per heavy atom. The zero-order chi connectivity index (χ0) is 11.0. The van der Waals surface area contributed by atoms with E-state index in [2.05, 4.69) is 0 Å². The maximum absolute atomic E-state index is 11.8. The molecule has 2 rings (SSSR count). The smallest absolute Gasteiger partial charge is 0.317 e. The standard InChI is InChI=1S/C10H16N2O3/c1-11-5-4-8(10(11)15)12(6-9(13)14)7-2-3-7/h7-8H,2-6H2,1H3,(H,13,14). The van der Waals surface area contributed by atoms with Gasteiger partial charge in [0.05, 0.1) is 12.6 Å². The van der Waals surface area contributed by atoms with E-state index >= 15 is 0 Å². The highest BCUT2D eigenvalue weighted by molar-refractivity contribution is 5.84. The van der Waals surface area contributed by atoms with Crippen molar-refractivity contribution < 1.29 is 14.7 Å². The Kier molecular flexibility index (Phi) is 2.65. The largest absolute Gasteiger partial charge is 0.480 e. The fourth-order valence-electron chi connectivity index (χ4n) is 2.17. The van der Waals surface area contributed by atoms with E-state index in [0.29, 0.717) is 6.04 Å². The summed E-state index contributed by atoms with van der Waals surface area (Å²) in [6.45, 7) is 0.737. The number of carbonyl (C=O) groups is 2. The maximum Gasteiger partial charge on any atom is 0.317 e. The van der Waals surface area contributed by atoms with E-state index in [-0.39, 0.29) is 18.5 Å². The first kappa shape index (κ1) is 10.4. The van der Waals surface area contributed by atoms with Crippen LogP contribution in [0.5, 0.6) is 0 Å². The molecule has 1 aliphatic heterocycles. The Morgan fingerprint density at radius 3 is 2.60 bits per heavy atom. The average molecular weight is 212 g/mol. The fraction of sp³-hybridized carbons (Fsp3) is 0.800. The van der Waals surface area contributed by atoms with Gasteiger partial charge in [0, 0.05) is 19.6 Å². The maximum atomic E-state index is 11.8. The SMILES string of the molecule is CN1CCC(N(CC(=O)O)C2CC2)C1=O. The minimum atomic E-state index is -0.843. The summed E-state index contributed by atoms with van der Waals surface area (Å²) in [5.41, 5.74) is 0. The van der Waals surface area contributed by atoms with Crippen molar-refractivity contribution in [3.63, 3.8) is 0 Å². The molecule has 0 aromatic heterocycles. The van der Waals surface area contributed by atoms with Crippen molar-refractivity contribution in [2.24, 2.45) is 0 Å². The van der Waals surface area contributed by atoms with E-state index in [0.717, 1.165) is 25.8 Å². The highest BCUT2D eigenvalue weighted by atomic mass is 16.4. The molecule has 1 amide bonds. The zero-order valence-corrected chi connectivity index (χ0v) is 8.85. The number of carbonyl (C=O) groups excluding carboxylic acids is 1. The highest BCUT2D eigenvalue weighted by Gasteiger charge is 2.41. The minimum absolute atomic E-state index is 0.00505. The van der Waals surface area contributed by atoms with Crippen LogP contribution in [0.2, 0.25) is 0 Å². The van der Waals surface area contributed by atoms with Gasteiger partial charge in [-0.15, -0.1) is 0 Å². The van der Waals surface area contributed by atoms with Crippen LogP contribution in [-0.4, -0.2) is 59.0 Å². The number of nitrogens with zero attached hydrogens (tertiary/aromatic N) is 2. The molecule has 0 aromatic carbocycles. The van der Waals surface area contributed by atoms with Crippen LogP contribution in [0.1, 0.15) is 19.3 Å². The summed E-state index contributed by atoms with van der Waals surface area (Å²) in [5, 5.41) is 8.81. The number of aliphatic carboxylic acids is 1. The van der Waals surface area contributed by atoms with Crippen LogP contribution >= 0.6 is 0 Å². The zero-order valence-electron chi connectivity index (χ0n) is 8.85. The van der Waals surface area contributed by atoms with Gasteiger partial charge in [0.25, 0.3) is 0 Å². The molecule has 1 aliphatic carbocycles. The molecule has 1 atom stereocenters. The Bertz CT molecular complexity index is 288. The summed E-state index contributed by atoms with van der Waals surface area (Å²) < 4.78 is 0. The lowest BCUT2D eigenvalue weighted by molar-refractivity contribution is -0.140. The molecule has 1 heterocycles. The van der Waals surface area contributed by atoms with Gasteiger partial charge in [0.15, 0.2) is 0 Å². The number of hydrogen-bond donors (Lipinski definition) is 1. The van der Waals surface area contributed by atoms with E-state index < -0.39 is 5.97 Å². The van der Waals surface area contributed by atoms with Crippen LogP contribution in [0.4, 0.5) is 0 Å². The Morgan fingerprint density at radius 1 is 1.53 bits per heavy atom. The summed E-state index contributed by atoms with van der Waals surface area (Å²) >= 11 is 0. The van der Waals surface area contributed by atoms with E-state index in [1.807, 2.05) is 4.90 Å². The van der Waals surface area contributed by atoms with Crippen LogP contribution in [0.3, 0.4) is 0 Å². The number of carboxylic acid groups (broad SMARTS) is 1. The first-order valence-corrected chi connectivity index (χ1v) is 5.32. The molecule has 0 spiro atoms. The summed E-state index contributed by atoms with van der Waals surface area (Å²) in [6.07, 6.45) is 2.82. The third-order valence-corrected chi connectivity index (χ3v) is 3.13. The Balaban J connectivity index is 2.04. The molecule has 2 aliphatic rings. The van der Waals surface area contributed by atoms with E-state index in [4.69, 9.17) is 5.11 Å². The Labute approximate surface area is 88.6 Å². The summed E-state index contributed by atoms with van der Waals surface area (Å²) in [6, 6.07) is 0.125. The van der Waals surface area contributed by atoms with Gasteiger partial charge in [-0.05, 0) is 19.3 Å². The summed E-state index contributed by atoms with van der Waals surface area (Å²) in [5.74, 6) is -0.771. The number of likely N-dealkylation sites (tertiary alicyclic amines) is 1. The first-order valence-electron chi connectivity index (χ1n) is 5.32. The molecule has 2 fully saturated rings. The lowest BCUT2D eigenvalue weighted by Gasteiger charge is -2.25. The van der Waals surface area contributed by atoms with Crippen molar-refractivity contribution in [3.8, 4) is 0 Å². The monoisotopic (exact) mass is 212 g/mol. The third-order valence-electron chi connectivity index (χ3n) is 3.13. The molecule has 0 bridgehead atoms. The highest BCUT2D eigenvalue weighted by Crippen LogP contribution is 2.31. The number of rotatable bonds is 4. The number of carboxylic acids is 1. The van der Waals surface area contributed by atoms with Gasteiger partial charge in [-0.2, -0.15) is 0 Å². The molecule has 1 N–H and O–H groups in total. The number of hydrogen-bond acceptors (Lipinski definition) is 3. The van der Waals surface area contributed by atoms with Gasteiger partial charge in [-0.3, -0.25) is 14.5 Å². The van der Waals surface area contributed by atoms with Gasteiger partial charge >= 0.3 is 5.97 Å². The molecule has 1 saturated heterocycles. The van der Waals surface area contributed by atoms with Gasteiger partial charge < -0.3 is 10.0 Å². The van der Waals surface area contributed by atoms with Crippen molar-refractivity contribution in [3.05, 3.63) is 0 Å². The molecular weight excluding hydrogens is 196 g/mol. The lowest BCUT2D eigenvalue weighted by atomic mass is 10.2. The molecule has 5 heteroatoms. The number of likely N-dealkylation sites (N-methyl/N-ethyl adjacent to an activating group) is 1. The Hall–Kier alpha value is -1.10. The average Bonchev–Trinajstić information content (AvgIpc) is 2.93. The molecular formula is C10H16N2O3. The number of amides is 1. The molecule has 15 heavy (non-hydrogen) atoms.